The molecule has 2 saturated carbocycles. The Morgan fingerprint density at radius 2 is 1.56 bits per heavy atom. The number of carbonyl (C=O) groups is 1. The Morgan fingerprint density at radius 3 is 2.12 bits per heavy atom. The topological polar surface area (TPSA) is 45.1 Å². The van der Waals surface area contributed by atoms with Gasteiger partial charge in [0.25, 0.3) is 6.02 Å². The van der Waals surface area contributed by atoms with Gasteiger partial charge < -0.3 is 9.64 Å². The number of ether oxygens (including phenoxy) is 1. The van der Waals surface area contributed by atoms with Crippen molar-refractivity contribution in [3.63, 3.8) is 0 Å². The summed E-state index contributed by atoms with van der Waals surface area (Å²) >= 11 is 0. The molecule has 0 radical (unpaired) electrons. The molecule has 0 atom stereocenters. The maximum Gasteiger partial charge on any atom is 0.299 e. The van der Waals surface area contributed by atoms with Gasteiger partial charge in [0.1, 0.15) is 5.76 Å². The Labute approximate surface area is 194 Å². The van der Waals surface area contributed by atoms with Crippen LogP contribution in [0.2, 0.25) is 0 Å². The van der Waals surface area contributed by atoms with Crippen LogP contribution in [0.5, 0.6) is 0 Å². The first kappa shape index (κ1) is 24.3. The van der Waals surface area contributed by atoms with Crippen molar-refractivity contribution >= 4 is 24.2 Å². The molecule has 0 spiro atoms. The highest BCUT2D eigenvalue weighted by atomic mass is 16.5. The summed E-state index contributed by atoms with van der Waals surface area (Å²) in [4.78, 5) is 21.2. The molecule has 1 aromatic carbocycles. The summed E-state index contributed by atoms with van der Waals surface area (Å²) < 4.78 is 6.28. The Hall–Kier alpha value is -2.30. The first-order valence-electron chi connectivity index (χ1n) is 12.7. The fourth-order valence-electron chi connectivity index (χ4n) is 4.94. The molecular formula is C27H41N3O2. The molecule has 5 heteroatoms. The summed E-state index contributed by atoms with van der Waals surface area (Å²) in [6.07, 6.45) is 14.5. The Bertz CT molecular complexity index is 756. The molecule has 0 heterocycles. The van der Waals surface area contributed by atoms with Gasteiger partial charge in [-0.3, -0.25) is 9.69 Å². The average molecular weight is 440 g/mol. The first-order chi connectivity index (χ1) is 15.6. The van der Waals surface area contributed by atoms with Gasteiger partial charge in [0.15, 0.2) is 0 Å². The first-order valence-corrected chi connectivity index (χ1v) is 12.7. The summed E-state index contributed by atoms with van der Waals surface area (Å²) in [5, 5.41) is 0. The lowest BCUT2D eigenvalue weighted by atomic mass is 9.94. The van der Waals surface area contributed by atoms with E-state index < -0.39 is 0 Å². The van der Waals surface area contributed by atoms with Crippen LogP contribution in [-0.4, -0.2) is 42.5 Å². The van der Waals surface area contributed by atoms with Gasteiger partial charge in [-0.05, 0) is 70.2 Å². The van der Waals surface area contributed by atoms with E-state index in [9.17, 15) is 4.79 Å². The second-order valence-corrected chi connectivity index (χ2v) is 9.13. The molecule has 0 aliphatic heterocycles. The lowest BCUT2D eigenvalue weighted by Crippen LogP contribution is -2.42. The number of carbonyl (C=O) groups excluding carboxylic acids is 1. The highest BCUT2D eigenvalue weighted by molar-refractivity contribution is 5.86. The lowest BCUT2D eigenvalue weighted by molar-refractivity contribution is -0.117. The van der Waals surface area contributed by atoms with Crippen molar-refractivity contribution in [3.8, 4) is 0 Å². The second kappa shape index (κ2) is 12.7. The van der Waals surface area contributed by atoms with E-state index in [1.807, 2.05) is 13.0 Å². The molecular weight excluding hydrogens is 398 g/mol. The molecule has 176 valence electrons. The minimum absolute atomic E-state index is 0.199. The zero-order valence-electron chi connectivity index (χ0n) is 20.3. The Balaban J connectivity index is 1.78. The minimum Gasteiger partial charge on any atom is -0.431 e. The van der Waals surface area contributed by atoms with Crippen molar-refractivity contribution in [2.75, 3.05) is 18.0 Å². The van der Waals surface area contributed by atoms with Gasteiger partial charge in [-0.1, -0.05) is 50.7 Å². The lowest BCUT2D eigenvalue weighted by Gasteiger charge is -2.32. The van der Waals surface area contributed by atoms with Gasteiger partial charge >= 0.3 is 0 Å². The van der Waals surface area contributed by atoms with Crippen LogP contribution in [0.1, 0.15) is 90.5 Å². The van der Waals surface area contributed by atoms with Crippen molar-refractivity contribution in [2.45, 2.75) is 97.1 Å². The van der Waals surface area contributed by atoms with Crippen LogP contribution in [0, 0.1) is 0 Å². The van der Waals surface area contributed by atoms with Gasteiger partial charge in [0, 0.05) is 24.8 Å². The smallest absolute Gasteiger partial charge is 0.299 e. The summed E-state index contributed by atoms with van der Waals surface area (Å²) in [6.45, 7) is 8.30. The number of hydrogen-bond acceptors (Lipinski definition) is 4. The van der Waals surface area contributed by atoms with Crippen molar-refractivity contribution in [1.82, 2.24) is 4.90 Å². The largest absolute Gasteiger partial charge is 0.431 e. The van der Waals surface area contributed by atoms with Crippen LogP contribution in [0.3, 0.4) is 0 Å². The predicted octanol–water partition coefficient (Wildman–Crippen LogP) is 6.39. The van der Waals surface area contributed by atoms with E-state index in [2.05, 4.69) is 43.0 Å². The van der Waals surface area contributed by atoms with Gasteiger partial charge in [-0.15, -0.1) is 0 Å². The zero-order valence-corrected chi connectivity index (χ0v) is 20.3. The third-order valence-electron chi connectivity index (χ3n) is 6.81. The summed E-state index contributed by atoms with van der Waals surface area (Å²) in [6, 6.07) is 9.50. The van der Waals surface area contributed by atoms with Gasteiger partial charge in [-0.25, -0.2) is 4.99 Å². The van der Waals surface area contributed by atoms with E-state index >= 15 is 0 Å². The summed E-state index contributed by atoms with van der Waals surface area (Å²) in [5.74, 6) is 0.762. The fourth-order valence-corrected chi connectivity index (χ4v) is 4.94. The molecule has 2 aliphatic carbocycles. The van der Waals surface area contributed by atoms with E-state index in [1.54, 1.807) is 4.90 Å². The van der Waals surface area contributed by atoms with E-state index in [-0.39, 0.29) is 12.1 Å². The number of aliphatic imine (C=N–C) groups is 1. The summed E-state index contributed by atoms with van der Waals surface area (Å²) in [7, 11) is 0. The third-order valence-corrected chi connectivity index (χ3v) is 6.81. The summed E-state index contributed by atoms with van der Waals surface area (Å²) in [5.41, 5.74) is 2.32. The normalized spacial score (nSPS) is 19.0. The van der Waals surface area contributed by atoms with Crippen LogP contribution in [0.4, 0.5) is 5.69 Å². The molecule has 1 aromatic rings. The number of hydrogen-bond donors (Lipinski definition) is 0. The quantitative estimate of drug-likeness (QED) is 0.204. The van der Waals surface area contributed by atoms with Crippen LogP contribution < -0.4 is 4.90 Å². The number of rotatable bonds is 8. The number of benzene rings is 1. The average Bonchev–Trinajstić information content (AvgIpc) is 2.83. The number of amidine groups is 1. The Kier molecular flexibility index (Phi) is 9.63. The van der Waals surface area contributed by atoms with Gasteiger partial charge in [0.2, 0.25) is 6.41 Å². The van der Waals surface area contributed by atoms with E-state index in [0.29, 0.717) is 6.02 Å². The Morgan fingerprint density at radius 1 is 0.969 bits per heavy atom. The molecule has 2 fully saturated rings. The number of anilines is 1. The van der Waals surface area contributed by atoms with Crippen LogP contribution >= 0.6 is 0 Å². The monoisotopic (exact) mass is 439 g/mol. The number of amides is 1. The van der Waals surface area contributed by atoms with Crippen molar-refractivity contribution in [1.29, 1.82) is 0 Å². The van der Waals surface area contributed by atoms with Crippen molar-refractivity contribution in [3.05, 3.63) is 35.6 Å². The molecule has 3 rings (SSSR count). The van der Waals surface area contributed by atoms with Crippen molar-refractivity contribution < 1.29 is 9.53 Å². The SMILES string of the molecule is CCN(CC)c1ccc(/C=C(\C)OC(=NC2CCCCC2)N(C=O)C2CCCCC2)cc1. The number of allylic oxidation sites excluding steroid dienone is 1. The zero-order chi connectivity index (χ0) is 22.8. The molecule has 0 aromatic heterocycles. The molecule has 0 bridgehead atoms. The van der Waals surface area contributed by atoms with Gasteiger partial charge in [0.05, 0.1) is 6.04 Å². The standard InChI is InChI=1S/C27H41N3O2/c1-4-29(5-2)25-18-16-23(17-19-25)20-22(3)32-27(28-24-12-8-6-9-13-24)30(21-31)26-14-10-7-11-15-26/h16-21,24,26H,4-15H2,1-3H3/b22-20+,28-27?. The molecule has 0 unspecified atom stereocenters. The molecule has 32 heavy (non-hydrogen) atoms. The fraction of sp³-hybridized carbons (Fsp3) is 0.630. The predicted molar refractivity (Wildman–Crippen MR) is 134 cm³/mol. The third kappa shape index (κ3) is 6.85. The van der Waals surface area contributed by atoms with Gasteiger partial charge in [-0.2, -0.15) is 0 Å². The maximum absolute atomic E-state index is 12.1. The van der Waals surface area contributed by atoms with E-state index in [0.717, 1.165) is 56.5 Å². The number of nitrogens with zero attached hydrogens (tertiary/aromatic N) is 3. The second-order valence-electron chi connectivity index (χ2n) is 9.13. The van der Waals surface area contributed by atoms with Crippen LogP contribution in [0.15, 0.2) is 35.0 Å². The van der Waals surface area contributed by atoms with Crippen molar-refractivity contribution in [2.24, 2.45) is 4.99 Å². The molecule has 1 amide bonds. The van der Waals surface area contributed by atoms with Crippen LogP contribution in [-0.2, 0) is 9.53 Å². The maximum atomic E-state index is 12.1. The van der Waals surface area contributed by atoms with E-state index in [1.165, 1.54) is 44.2 Å². The molecule has 0 N–H and O–H groups in total. The molecule has 0 saturated heterocycles. The molecule has 5 nitrogen and oxygen atoms in total. The minimum atomic E-state index is 0.199. The molecule has 2 aliphatic rings. The highest BCUT2D eigenvalue weighted by Gasteiger charge is 2.27. The highest BCUT2D eigenvalue weighted by Crippen LogP contribution is 2.26. The van der Waals surface area contributed by atoms with Crippen LogP contribution in [0.25, 0.3) is 6.08 Å². The van der Waals surface area contributed by atoms with E-state index in [4.69, 9.17) is 9.73 Å².